The predicted molar refractivity (Wildman–Crippen MR) is 57.9 cm³/mol. The van der Waals surface area contributed by atoms with E-state index >= 15 is 0 Å². The van der Waals surface area contributed by atoms with Crippen LogP contribution < -0.4 is 0 Å². The van der Waals surface area contributed by atoms with Gasteiger partial charge >= 0.3 is 0 Å². The molecule has 4 heteroatoms. The fraction of sp³-hybridized carbons (Fsp3) is 0.111. The first-order valence-electron chi connectivity index (χ1n) is 3.55. The van der Waals surface area contributed by atoms with E-state index in [4.69, 9.17) is 34.8 Å². The number of halogens is 3. The molecule has 13 heavy (non-hydrogen) atoms. The summed E-state index contributed by atoms with van der Waals surface area (Å²) in [6, 6.07) is 3.10. The highest BCUT2D eigenvalue weighted by atomic mass is 35.5. The maximum Gasteiger partial charge on any atom is 0.141 e. The van der Waals surface area contributed by atoms with E-state index in [9.17, 15) is 5.11 Å². The lowest BCUT2D eigenvalue weighted by atomic mass is 10.2. The van der Waals surface area contributed by atoms with Gasteiger partial charge in [0, 0.05) is 16.5 Å². The Morgan fingerprint density at radius 1 is 1.31 bits per heavy atom. The van der Waals surface area contributed by atoms with E-state index in [0.717, 1.165) is 0 Å². The molecule has 1 N–H and O–H groups in total. The van der Waals surface area contributed by atoms with Gasteiger partial charge in [-0.2, -0.15) is 0 Å². The van der Waals surface area contributed by atoms with Crippen LogP contribution in [-0.2, 0) is 0 Å². The Balaban J connectivity index is 3.12. The van der Waals surface area contributed by atoms with Gasteiger partial charge in [0.15, 0.2) is 0 Å². The molecule has 0 atom stereocenters. The maximum absolute atomic E-state index is 9.46. The molecule has 0 heterocycles. The first-order chi connectivity index (χ1) is 6.15. The summed E-state index contributed by atoms with van der Waals surface area (Å²) in [4.78, 5) is 0. The average molecular weight is 238 g/mol. The van der Waals surface area contributed by atoms with Gasteiger partial charge < -0.3 is 5.11 Å². The lowest BCUT2D eigenvalue weighted by molar-refractivity contribution is 0.474. The Morgan fingerprint density at radius 3 is 2.62 bits per heavy atom. The van der Waals surface area contributed by atoms with Crippen molar-refractivity contribution in [2.75, 3.05) is 5.88 Å². The van der Waals surface area contributed by atoms with Crippen molar-refractivity contribution in [3.63, 3.8) is 0 Å². The summed E-state index contributed by atoms with van der Waals surface area (Å²) < 4.78 is 0. The Bertz CT molecular complexity index is 334. The minimum Gasteiger partial charge on any atom is -0.506 e. The molecule has 0 saturated carbocycles. The fourth-order valence-corrected chi connectivity index (χ4v) is 1.48. The Kier molecular flexibility index (Phi) is 3.91. The highest BCUT2D eigenvalue weighted by Gasteiger charge is 2.04. The summed E-state index contributed by atoms with van der Waals surface area (Å²) in [5, 5.41) is 10.2. The molecule has 0 spiro atoms. The molecule has 1 aromatic rings. The number of benzene rings is 1. The summed E-state index contributed by atoms with van der Waals surface area (Å²) in [6.45, 7) is 0. The third-order valence-corrected chi connectivity index (χ3v) is 2.13. The Hall–Kier alpha value is -0.370. The zero-order valence-electron chi connectivity index (χ0n) is 6.60. The third-order valence-electron chi connectivity index (χ3n) is 1.44. The smallest absolute Gasteiger partial charge is 0.141 e. The molecule has 0 amide bonds. The number of allylic oxidation sites excluding steroid dienone is 1. The lowest BCUT2D eigenvalue weighted by Gasteiger charge is -2.01. The Morgan fingerprint density at radius 2 is 2.00 bits per heavy atom. The lowest BCUT2D eigenvalue weighted by Crippen LogP contribution is -1.77. The molecular formula is C9H7Cl3O. The normalized spacial score (nSPS) is 11.0. The highest BCUT2D eigenvalue weighted by molar-refractivity contribution is 6.35. The second kappa shape index (κ2) is 4.75. The van der Waals surface area contributed by atoms with Gasteiger partial charge in [-0.1, -0.05) is 35.4 Å². The van der Waals surface area contributed by atoms with Gasteiger partial charge in [-0.05, 0) is 12.1 Å². The molecule has 0 saturated heterocycles. The van der Waals surface area contributed by atoms with Gasteiger partial charge in [-0.15, -0.1) is 11.6 Å². The quantitative estimate of drug-likeness (QED) is 0.772. The van der Waals surface area contributed by atoms with Crippen LogP contribution >= 0.6 is 34.8 Å². The largest absolute Gasteiger partial charge is 0.506 e. The van der Waals surface area contributed by atoms with Crippen LogP contribution in [0.5, 0.6) is 5.75 Å². The molecule has 0 unspecified atom stereocenters. The van der Waals surface area contributed by atoms with Crippen LogP contribution in [0, 0.1) is 0 Å². The highest BCUT2D eigenvalue weighted by Crippen LogP contribution is 2.31. The molecule has 0 radical (unpaired) electrons. The molecule has 0 aliphatic rings. The van der Waals surface area contributed by atoms with E-state index in [-0.39, 0.29) is 10.8 Å². The van der Waals surface area contributed by atoms with E-state index in [0.29, 0.717) is 16.5 Å². The molecule has 0 aliphatic carbocycles. The topological polar surface area (TPSA) is 20.2 Å². The minimum atomic E-state index is 0.0208. The number of aromatic hydroxyl groups is 1. The van der Waals surface area contributed by atoms with Crippen molar-refractivity contribution in [2.45, 2.75) is 0 Å². The summed E-state index contributed by atoms with van der Waals surface area (Å²) in [6.07, 6.45) is 3.36. The SMILES string of the molecule is Oc1c(Cl)cc(Cl)cc1C=CCCl. The van der Waals surface area contributed by atoms with Crippen molar-refractivity contribution < 1.29 is 5.11 Å². The van der Waals surface area contributed by atoms with Gasteiger partial charge in [0.2, 0.25) is 0 Å². The zero-order valence-corrected chi connectivity index (χ0v) is 8.87. The van der Waals surface area contributed by atoms with Crippen molar-refractivity contribution in [1.82, 2.24) is 0 Å². The Labute approximate surface area is 91.5 Å². The number of phenolic OH excluding ortho intramolecular Hbond substituents is 1. The van der Waals surface area contributed by atoms with Crippen LogP contribution in [0.1, 0.15) is 5.56 Å². The molecule has 0 aromatic heterocycles. The van der Waals surface area contributed by atoms with Crippen molar-refractivity contribution >= 4 is 40.9 Å². The van der Waals surface area contributed by atoms with Gasteiger partial charge in [0.25, 0.3) is 0 Å². The number of hydrogen-bond donors (Lipinski definition) is 1. The van der Waals surface area contributed by atoms with Crippen molar-refractivity contribution in [1.29, 1.82) is 0 Å². The maximum atomic E-state index is 9.46. The van der Waals surface area contributed by atoms with Crippen LogP contribution in [0.2, 0.25) is 10.0 Å². The number of rotatable bonds is 2. The zero-order chi connectivity index (χ0) is 9.84. The predicted octanol–water partition coefficient (Wildman–Crippen LogP) is 3.95. The molecule has 0 fully saturated rings. The summed E-state index contributed by atoms with van der Waals surface area (Å²) in [5.74, 6) is 0.399. The molecule has 70 valence electrons. The first kappa shape index (κ1) is 10.7. The summed E-state index contributed by atoms with van der Waals surface area (Å²) in [7, 11) is 0. The summed E-state index contributed by atoms with van der Waals surface area (Å²) in [5.41, 5.74) is 0.568. The fourth-order valence-electron chi connectivity index (χ4n) is 0.884. The van der Waals surface area contributed by atoms with Gasteiger partial charge in [0.1, 0.15) is 5.75 Å². The monoisotopic (exact) mass is 236 g/mol. The number of hydrogen-bond acceptors (Lipinski definition) is 1. The molecular weight excluding hydrogens is 230 g/mol. The van der Waals surface area contributed by atoms with E-state index in [2.05, 4.69) is 0 Å². The minimum absolute atomic E-state index is 0.0208. The van der Waals surface area contributed by atoms with Crippen LogP contribution in [0.25, 0.3) is 6.08 Å². The van der Waals surface area contributed by atoms with E-state index in [1.807, 2.05) is 0 Å². The van der Waals surface area contributed by atoms with Crippen molar-refractivity contribution in [3.05, 3.63) is 33.8 Å². The van der Waals surface area contributed by atoms with Gasteiger partial charge in [-0.25, -0.2) is 0 Å². The van der Waals surface area contributed by atoms with E-state index in [1.54, 1.807) is 18.2 Å². The van der Waals surface area contributed by atoms with Crippen LogP contribution in [0.4, 0.5) is 0 Å². The van der Waals surface area contributed by atoms with Crippen LogP contribution in [-0.4, -0.2) is 11.0 Å². The standard InChI is InChI=1S/C9H7Cl3O/c10-3-1-2-6-4-7(11)5-8(12)9(6)13/h1-2,4-5,13H,3H2. The van der Waals surface area contributed by atoms with Gasteiger partial charge in [-0.3, -0.25) is 0 Å². The van der Waals surface area contributed by atoms with Crippen molar-refractivity contribution in [3.8, 4) is 5.75 Å². The third kappa shape index (κ3) is 2.80. The first-order valence-corrected chi connectivity index (χ1v) is 4.84. The number of alkyl halides is 1. The second-order valence-electron chi connectivity index (χ2n) is 2.38. The summed E-state index contributed by atoms with van der Waals surface area (Å²) >= 11 is 16.9. The molecule has 1 aromatic carbocycles. The van der Waals surface area contributed by atoms with E-state index < -0.39 is 0 Å². The molecule has 1 rings (SSSR count). The van der Waals surface area contributed by atoms with E-state index in [1.165, 1.54) is 6.07 Å². The van der Waals surface area contributed by atoms with Crippen LogP contribution in [0.15, 0.2) is 18.2 Å². The van der Waals surface area contributed by atoms with Gasteiger partial charge in [0.05, 0.1) is 5.02 Å². The average Bonchev–Trinajstić information content (AvgIpc) is 2.09. The molecule has 0 bridgehead atoms. The number of phenols is 1. The molecule has 1 nitrogen and oxygen atoms in total. The van der Waals surface area contributed by atoms with Crippen LogP contribution in [0.3, 0.4) is 0 Å². The molecule has 0 aliphatic heterocycles. The van der Waals surface area contributed by atoms with Crippen molar-refractivity contribution in [2.24, 2.45) is 0 Å². The second-order valence-corrected chi connectivity index (χ2v) is 3.53.